The molecule has 0 radical (unpaired) electrons. The van der Waals surface area contributed by atoms with Gasteiger partial charge in [-0.3, -0.25) is 4.79 Å². The van der Waals surface area contributed by atoms with E-state index in [9.17, 15) is 13.6 Å². The van der Waals surface area contributed by atoms with Crippen LogP contribution in [-0.4, -0.2) is 43.1 Å². The lowest BCUT2D eigenvalue weighted by atomic mass is 10.1. The van der Waals surface area contributed by atoms with E-state index in [4.69, 9.17) is 4.74 Å². The lowest BCUT2D eigenvalue weighted by molar-refractivity contribution is -0.148. The Balaban J connectivity index is 1.66. The van der Waals surface area contributed by atoms with Crippen molar-refractivity contribution >= 4 is 5.91 Å². The summed E-state index contributed by atoms with van der Waals surface area (Å²) in [6.45, 7) is 2.66. The second-order valence-corrected chi connectivity index (χ2v) is 6.17. The molecule has 1 saturated heterocycles. The van der Waals surface area contributed by atoms with E-state index in [0.29, 0.717) is 12.3 Å². The molecule has 0 atom stereocenters. The molecule has 1 aliphatic heterocycles. The number of hydrogen-bond donors (Lipinski definition) is 1. The highest BCUT2D eigenvalue weighted by Crippen LogP contribution is 2.39. The molecule has 0 bridgehead atoms. The van der Waals surface area contributed by atoms with Crippen LogP contribution in [-0.2, 0) is 10.7 Å². The molecule has 1 amide bonds. The quantitative estimate of drug-likeness (QED) is 0.875. The topological polar surface area (TPSA) is 41.6 Å². The monoisotopic (exact) mass is 310 g/mol. The molecule has 0 spiro atoms. The van der Waals surface area contributed by atoms with Gasteiger partial charge in [-0.25, -0.2) is 0 Å². The second-order valence-electron chi connectivity index (χ2n) is 6.17. The van der Waals surface area contributed by atoms with Crippen molar-refractivity contribution in [1.82, 2.24) is 10.2 Å². The van der Waals surface area contributed by atoms with Gasteiger partial charge in [-0.15, -0.1) is 0 Å². The van der Waals surface area contributed by atoms with E-state index in [1.807, 2.05) is 0 Å². The number of carbonyl (C=O) groups excluding carboxylic acids is 1. The molecule has 1 N–H and O–H groups in total. The summed E-state index contributed by atoms with van der Waals surface area (Å²) in [5.74, 6) is -4.26. The van der Waals surface area contributed by atoms with Crippen molar-refractivity contribution < 1.29 is 18.3 Å². The number of nitrogens with zero attached hydrogens (tertiary/aromatic N) is 1. The van der Waals surface area contributed by atoms with Gasteiger partial charge >= 0.3 is 5.92 Å². The maximum Gasteiger partial charge on any atom is 0.349 e. The fourth-order valence-electron chi connectivity index (χ4n) is 2.69. The lowest BCUT2D eigenvalue weighted by Crippen LogP contribution is -2.53. The molecule has 1 heterocycles. The Bertz CT molecular complexity index is 552. The average Bonchev–Trinajstić information content (AvgIpc) is 3.23. The normalized spacial score (nSPS) is 20.1. The molecule has 0 aromatic heterocycles. The Hall–Kier alpha value is -1.69. The van der Waals surface area contributed by atoms with Gasteiger partial charge in [0.1, 0.15) is 5.75 Å². The molecule has 6 heteroatoms. The van der Waals surface area contributed by atoms with E-state index in [1.54, 1.807) is 0 Å². The van der Waals surface area contributed by atoms with Crippen LogP contribution in [0.15, 0.2) is 24.3 Å². The van der Waals surface area contributed by atoms with Crippen LogP contribution in [0.4, 0.5) is 8.78 Å². The molecule has 1 aromatic carbocycles. The minimum absolute atomic E-state index is 0.314. The number of ether oxygens (including phenoxy) is 1. The van der Waals surface area contributed by atoms with Crippen LogP contribution in [0.3, 0.4) is 0 Å². The molecule has 120 valence electrons. The van der Waals surface area contributed by atoms with Crippen molar-refractivity contribution in [3.05, 3.63) is 29.8 Å². The van der Waals surface area contributed by atoms with Crippen molar-refractivity contribution in [1.29, 1.82) is 0 Å². The molecule has 0 unspecified atom stereocenters. The number of methoxy groups -OCH3 is 1. The van der Waals surface area contributed by atoms with Crippen LogP contribution in [0.5, 0.6) is 5.75 Å². The molecule has 4 nitrogen and oxygen atoms in total. The van der Waals surface area contributed by atoms with Crippen molar-refractivity contribution in [2.24, 2.45) is 0 Å². The minimum atomic E-state index is -3.53. The van der Waals surface area contributed by atoms with E-state index in [-0.39, 0.29) is 5.56 Å². The van der Waals surface area contributed by atoms with Crippen LogP contribution >= 0.6 is 0 Å². The van der Waals surface area contributed by atoms with Crippen LogP contribution in [0.25, 0.3) is 0 Å². The first-order valence-corrected chi connectivity index (χ1v) is 7.53. The predicted octanol–water partition coefficient (Wildman–Crippen LogP) is 2.14. The maximum absolute atomic E-state index is 14.3. The van der Waals surface area contributed by atoms with Gasteiger partial charge in [-0.2, -0.15) is 8.78 Å². The smallest absolute Gasteiger partial charge is 0.349 e. The number of nitrogens with one attached hydrogen (secondary N) is 1. The summed E-state index contributed by atoms with van der Waals surface area (Å²) in [5.41, 5.74) is -0.765. The molecule has 1 aromatic rings. The van der Waals surface area contributed by atoms with Gasteiger partial charge in [-0.1, -0.05) is 0 Å². The number of carbonyl (C=O) groups is 1. The Labute approximate surface area is 128 Å². The molecule has 3 rings (SSSR count). The molecule has 2 fully saturated rings. The Morgan fingerprint density at radius 1 is 1.32 bits per heavy atom. The fourth-order valence-corrected chi connectivity index (χ4v) is 2.69. The molecular weight excluding hydrogens is 290 g/mol. The van der Waals surface area contributed by atoms with Gasteiger partial charge in [0.25, 0.3) is 5.91 Å². The summed E-state index contributed by atoms with van der Waals surface area (Å²) in [6, 6.07) is 5.33. The average molecular weight is 310 g/mol. The second kappa shape index (κ2) is 5.50. The Morgan fingerprint density at radius 2 is 1.95 bits per heavy atom. The zero-order chi connectivity index (χ0) is 15.8. The van der Waals surface area contributed by atoms with E-state index in [0.717, 1.165) is 32.4 Å². The summed E-state index contributed by atoms with van der Waals surface area (Å²) in [5, 5.41) is 2.57. The number of hydrogen-bond acceptors (Lipinski definition) is 3. The van der Waals surface area contributed by atoms with Gasteiger partial charge in [0.05, 0.1) is 12.6 Å². The van der Waals surface area contributed by atoms with Gasteiger partial charge in [-0.05, 0) is 56.6 Å². The van der Waals surface area contributed by atoms with E-state index >= 15 is 0 Å². The molecular formula is C16H20F2N2O2. The van der Waals surface area contributed by atoms with Gasteiger partial charge < -0.3 is 15.0 Å². The summed E-state index contributed by atoms with van der Waals surface area (Å²) < 4.78 is 33.6. The van der Waals surface area contributed by atoms with Crippen LogP contribution in [0, 0.1) is 0 Å². The van der Waals surface area contributed by atoms with Crippen LogP contribution in [0.1, 0.15) is 24.8 Å². The van der Waals surface area contributed by atoms with E-state index in [2.05, 4.69) is 10.2 Å². The minimum Gasteiger partial charge on any atom is -0.497 e. The van der Waals surface area contributed by atoms with Gasteiger partial charge in [0, 0.05) is 12.1 Å². The van der Waals surface area contributed by atoms with Crippen molar-refractivity contribution in [2.45, 2.75) is 30.7 Å². The summed E-state index contributed by atoms with van der Waals surface area (Å²) >= 11 is 0. The van der Waals surface area contributed by atoms with E-state index in [1.165, 1.54) is 31.4 Å². The summed E-state index contributed by atoms with van der Waals surface area (Å²) in [7, 11) is 1.46. The highest BCUT2D eigenvalue weighted by molar-refractivity contribution is 5.85. The fraction of sp³-hybridized carbons (Fsp3) is 0.562. The third kappa shape index (κ3) is 2.92. The standard InChI is InChI=1S/C16H20F2N2O2/c1-22-13-5-3-12(4-6-13)16(17,18)14(21)19-15(7-8-15)11-20-9-2-10-20/h3-6H,2,7-11H2,1H3,(H,19,21). The molecule has 22 heavy (non-hydrogen) atoms. The van der Waals surface area contributed by atoms with Gasteiger partial charge in [0.15, 0.2) is 0 Å². The third-order valence-corrected chi connectivity index (χ3v) is 4.44. The zero-order valence-corrected chi connectivity index (χ0v) is 12.6. The van der Waals surface area contributed by atoms with Crippen molar-refractivity contribution in [2.75, 3.05) is 26.7 Å². The number of halogens is 2. The summed E-state index contributed by atoms with van der Waals surface area (Å²) in [6.07, 6.45) is 2.69. The van der Waals surface area contributed by atoms with E-state index < -0.39 is 17.4 Å². The van der Waals surface area contributed by atoms with Crippen molar-refractivity contribution in [3.63, 3.8) is 0 Å². The van der Waals surface area contributed by atoms with Crippen LogP contribution in [0.2, 0.25) is 0 Å². The SMILES string of the molecule is COc1ccc(C(F)(F)C(=O)NC2(CN3CCC3)CC2)cc1. The first kappa shape index (κ1) is 15.2. The molecule has 1 saturated carbocycles. The highest BCUT2D eigenvalue weighted by Gasteiger charge is 2.51. The lowest BCUT2D eigenvalue weighted by Gasteiger charge is -2.35. The van der Waals surface area contributed by atoms with Gasteiger partial charge in [0.2, 0.25) is 0 Å². The Morgan fingerprint density at radius 3 is 2.41 bits per heavy atom. The summed E-state index contributed by atoms with van der Waals surface area (Å²) in [4.78, 5) is 14.2. The number of rotatable bonds is 6. The first-order chi connectivity index (χ1) is 10.5. The van der Waals surface area contributed by atoms with Crippen LogP contribution < -0.4 is 10.1 Å². The maximum atomic E-state index is 14.3. The number of alkyl halides is 2. The number of benzene rings is 1. The first-order valence-electron chi connectivity index (χ1n) is 7.53. The zero-order valence-electron chi connectivity index (χ0n) is 12.6. The third-order valence-electron chi connectivity index (χ3n) is 4.44. The highest BCUT2D eigenvalue weighted by atomic mass is 19.3. The molecule has 1 aliphatic carbocycles. The predicted molar refractivity (Wildman–Crippen MR) is 78.1 cm³/mol. The number of likely N-dealkylation sites (tertiary alicyclic amines) is 1. The number of amides is 1. The largest absolute Gasteiger partial charge is 0.497 e. The van der Waals surface area contributed by atoms with Crippen molar-refractivity contribution in [3.8, 4) is 5.75 Å². The Kier molecular flexibility index (Phi) is 3.80. The molecule has 2 aliphatic rings.